The highest BCUT2D eigenvalue weighted by atomic mass is 19.1. The van der Waals surface area contributed by atoms with Gasteiger partial charge in [0.1, 0.15) is 17.6 Å². The molecule has 1 N–H and O–H groups in total. The number of amides is 3. The van der Waals surface area contributed by atoms with E-state index in [0.29, 0.717) is 38.2 Å². The van der Waals surface area contributed by atoms with Crippen LogP contribution < -0.4 is 5.32 Å². The number of hydrogen-bond donors (Lipinski definition) is 1. The summed E-state index contributed by atoms with van der Waals surface area (Å²) in [4.78, 5) is 47.0. The molecule has 2 unspecified atom stereocenters. The number of aryl methyl sites for hydroxylation is 1. The van der Waals surface area contributed by atoms with E-state index in [1.165, 1.54) is 12.1 Å². The predicted molar refractivity (Wildman–Crippen MR) is 136 cm³/mol. The summed E-state index contributed by atoms with van der Waals surface area (Å²) in [6, 6.07) is 5.46. The van der Waals surface area contributed by atoms with E-state index in [1.54, 1.807) is 48.1 Å². The second-order valence-corrected chi connectivity index (χ2v) is 10.6. The summed E-state index contributed by atoms with van der Waals surface area (Å²) in [5, 5.41) is 2.91. The molecule has 3 amide bonds. The van der Waals surface area contributed by atoms with Crippen LogP contribution in [0.15, 0.2) is 36.8 Å². The Kier molecular flexibility index (Phi) is 8.87. The zero-order valence-corrected chi connectivity index (χ0v) is 22.0. The zero-order chi connectivity index (χ0) is 26.5. The van der Waals surface area contributed by atoms with Gasteiger partial charge in [0.05, 0.1) is 12.5 Å². The van der Waals surface area contributed by atoms with Crippen molar-refractivity contribution in [1.82, 2.24) is 24.7 Å². The van der Waals surface area contributed by atoms with E-state index >= 15 is 0 Å². The number of rotatable bonds is 9. The van der Waals surface area contributed by atoms with E-state index in [1.807, 2.05) is 25.7 Å². The van der Waals surface area contributed by atoms with Gasteiger partial charge < -0.3 is 19.7 Å². The molecule has 3 rings (SSSR count). The second-order valence-electron chi connectivity index (χ2n) is 10.6. The second kappa shape index (κ2) is 11.7. The first-order valence-corrected chi connectivity index (χ1v) is 12.6. The van der Waals surface area contributed by atoms with Crippen LogP contribution in [-0.4, -0.2) is 68.8 Å². The summed E-state index contributed by atoms with van der Waals surface area (Å²) in [7, 11) is 1.77. The maximum atomic E-state index is 13.7. The summed E-state index contributed by atoms with van der Waals surface area (Å²) >= 11 is 0. The summed E-state index contributed by atoms with van der Waals surface area (Å²) in [5.74, 6) is -0.738. The van der Waals surface area contributed by atoms with Crippen molar-refractivity contribution in [3.63, 3.8) is 0 Å². The fourth-order valence-corrected chi connectivity index (χ4v) is 4.56. The molecule has 2 atom stereocenters. The number of benzene rings is 1. The summed E-state index contributed by atoms with van der Waals surface area (Å²) in [5.41, 5.74) is 0.934. The van der Waals surface area contributed by atoms with E-state index in [9.17, 15) is 18.8 Å². The third-order valence-electron chi connectivity index (χ3n) is 6.74. The number of nitrogens with zero attached hydrogens (tertiary/aromatic N) is 4. The maximum Gasteiger partial charge on any atom is 0.272 e. The summed E-state index contributed by atoms with van der Waals surface area (Å²) in [6.45, 7) is 8.97. The Morgan fingerprint density at radius 1 is 1.22 bits per heavy atom. The average Bonchev–Trinajstić information content (AvgIpc) is 3.48. The SMILES string of the molecule is CCC(=O)NC(C(=O)N1CCCC1CN(CCc1ccc(F)cc1)C(=O)c1cncn1C)C(C)(C)C. The highest BCUT2D eigenvalue weighted by Crippen LogP contribution is 2.26. The molecule has 0 radical (unpaired) electrons. The molecule has 2 heterocycles. The van der Waals surface area contributed by atoms with Crippen molar-refractivity contribution in [2.75, 3.05) is 19.6 Å². The number of nitrogens with one attached hydrogen (secondary N) is 1. The van der Waals surface area contributed by atoms with Crippen LogP contribution in [0.2, 0.25) is 0 Å². The molecule has 0 bridgehead atoms. The Morgan fingerprint density at radius 2 is 1.92 bits per heavy atom. The van der Waals surface area contributed by atoms with E-state index < -0.39 is 11.5 Å². The number of imidazole rings is 1. The minimum Gasteiger partial charge on any atom is -0.344 e. The Balaban J connectivity index is 1.81. The molecule has 0 aliphatic carbocycles. The van der Waals surface area contributed by atoms with E-state index in [-0.39, 0.29) is 29.6 Å². The highest BCUT2D eigenvalue weighted by molar-refractivity contribution is 5.92. The lowest BCUT2D eigenvalue weighted by Gasteiger charge is -2.37. The lowest BCUT2D eigenvalue weighted by molar-refractivity contribution is -0.140. The topological polar surface area (TPSA) is 87.5 Å². The van der Waals surface area contributed by atoms with Gasteiger partial charge in [0.25, 0.3) is 5.91 Å². The van der Waals surface area contributed by atoms with Crippen molar-refractivity contribution in [3.05, 3.63) is 53.9 Å². The molecule has 1 aromatic heterocycles. The molecule has 1 fully saturated rings. The first-order valence-electron chi connectivity index (χ1n) is 12.6. The zero-order valence-electron chi connectivity index (χ0n) is 22.0. The number of carbonyl (C=O) groups is 3. The number of halogens is 1. The Hall–Kier alpha value is -3.23. The number of likely N-dealkylation sites (tertiary alicyclic amines) is 1. The molecular formula is C27H38FN5O3. The van der Waals surface area contributed by atoms with Gasteiger partial charge in [-0.3, -0.25) is 14.4 Å². The van der Waals surface area contributed by atoms with Crippen LogP contribution in [0.4, 0.5) is 4.39 Å². The predicted octanol–water partition coefficient (Wildman–Crippen LogP) is 3.18. The van der Waals surface area contributed by atoms with Crippen LogP contribution >= 0.6 is 0 Å². The third kappa shape index (κ3) is 6.71. The van der Waals surface area contributed by atoms with E-state index in [0.717, 1.165) is 18.4 Å². The van der Waals surface area contributed by atoms with Gasteiger partial charge in [-0.1, -0.05) is 39.8 Å². The third-order valence-corrected chi connectivity index (χ3v) is 6.74. The molecule has 9 heteroatoms. The molecule has 36 heavy (non-hydrogen) atoms. The fourth-order valence-electron chi connectivity index (χ4n) is 4.56. The lowest BCUT2D eigenvalue weighted by atomic mass is 9.85. The lowest BCUT2D eigenvalue weighted by Crippen LogP contribution is -2.57. The van der Waals surface area contributed by atoms with Gasteiger partial charge >= 0.3 is 0 Å². The first-order chi connectivity index (χ1) is 17.0. The smallest absolute Gasteiger partial charge is 0.272 e. The van der Waals surface area contributed by atoms with Crippen LogP contribution in [0, 0.1) is 11.2 Å². The normalized spacial score (nSPS) is 16.6. The van der Waals surface area contributed by atoms with Crippen molar-refractivity contribution in [2.45, 2.75) is 65.5 Å². The molecule has 1 aromatic carbocycles. The highest BCUT2D eigenvalue weighted by Gasteiger charge is 2.40. The fraction of sp³-hybridized carbons (Fsp3) is 0.556. The Morgan fingerprint density at radius 3 is 2.50 bits per heavy atom. The molecule has 1 aliphatic heterocycles. The first kappa shape index (κ1) is 27.4. The molecular weight excluding hydrogens is 461 g/mol. The summed E-state index contributed by atoms with van der Waals surface area (Å²) < 4.78 is 15.0. The molecule has 1 aliphatic rings. The van der Waals surface area contributed by atoms with E-state index in [4.69, 9.17) is 0 Å². The van der Waals surface area contributed by atoms with Crippen molar-refractivity contribution in [3.8, 4) is 0 Å². The van der Waals surface area contributed by atoms with E-state index in [2.05, 4.69) is 10.3 Å². The number of carbonyl (C=O) groups excluding carboxylic acids is 3. The van der Waals surface area contributed by atoms with Gasteiger partial charge in [-0.05, 0) is 42.4 Å². The standard InChI is InChI=1S/C27H38FN5O3/c1-6-23(34)30-24(27(2,3)4)26(36)33-14-7-8-21(33)17-32(25(35)22-16-29-18-31(22)5)15-13-19-9-11-20(28)12-10-19/h9-12,16,18,21,24H,6-8,13-15,17H2,1-5H3,(H,30,34). The molecule has 0 saturated carbocycles. The van der Waals surface area contributed by atoms with Gasteiger partial charge in [0, 0.05) is 39.1 Å². The maximum absolute atomic E-state index is 13.7. The monoisotopic (exact) mass is 499 g/mol. The van der Waals surface area contributed by atoms with Crippen molar-refractivity contribution < 1.29 is 18.8 Å². The van der Waals surface area contributed by atoms with Crippen molar-refractivity contribution in [1.29, 1.82) is 0 Å². The van der Waals surface area contributed by atoms with Crippen LogP contribution in [0.3, 0.4) is 0 Å². The van der Waals surface area contributed by atoms with Crippen molar-refractivity contribution in [2.24, 2.45) is 12.5 Å². The summed E-state index contributed by atoms with van der Waals surface area (Å²) in [6.07, 6.45) is 5.60. The molecule has 2 aromatic rings. The van der Waals surface area contributed by atoms with Crippen LogP contribution in [0.25, 0.3) is 0 Å². The van der Waals surface area contributed by atoms with Gasteiger partial charge in [-0.15, -0.1) is 0 Å². The molecule has 1 saturated heterocycles. The minimum absolute atomic E-state index is 0.113. The van der Waals surface area contributed by atoms with Gasteiger partial charge in [-0.2, -0.15) is 0 Å². The molecule has 8 nitrogen and oxygen atoms in total. The van der Waals surface area contributed by atoms with Gasteiger partial charge in [0.15, 0.2) is 0 Å². The van der Waals surface area contributed by atoms with Crippen LogP contribution in [-0.2, 0) is 23.1 Å². The van der Waals surface area contributed by atoms with Crippen molar-refractivity contribution >= 4 is 17.7 Å². The minimum atomic E-state index is -0.647. The van der Waals surface area contributed by atoms with Gasteiger partial charge in [-0.25, -0.2) is 9.37 Å². The Labute approximate surface area is 212 Å². The largest absolute Gasteiger partial charge is 0.344 e. The van der Waals surface area contributed by atoms with Crippen LogP contribution in [0.1, 0.15) is 63.0 Å². The average molecular weight is 500 g/mol. The van der Waals surface area contributed by atoms with Gasteiger partial charge in [0.2, 0.25) is 11.8 Å². The Bertz CT molecular complexity index is 1060. The number of hydrogen-bond acceptors (Lipinski definition) is 4. The molecule has 196 valence electrons. The number of aromatic nitrogens is 2. The molecule has 0 spiro atoms. The quantitative estimate of drug-likeness (QED) is 0.574. The van der Waals surface area contributed by atoms with Crippen LogP contribution in [0.5, 0.6) is 0 Å².